The summed E-state index contributed by atoms with van der Waals surface area (Å²) in [5.74, 6) is 5.76. The van der Waals surface area contributed by atoms with E-state index in [1.54, 1.807) is 0 Å². The van der Waals surface area contributed by atoms with E-state index in [0.717, 1.165) is 0 Å². The molecule has 0 saturated carbocycles. The Morgan fingerprint density at radius 1 is 1.35 bits per heavy atom. The maximum atomic E-state index is 11.9. The average molecular weight is 291 g/mol. The largest absolute Gasteiger partial charge is 0.411 e. The molecule has 0 saturated heterocycles. The molecule has 2 aromatic rings. The fourth-order valence-electron chi connectivity index (χ4n) is 1.46. The van der Waals surface area contributed by atoms with Crippen LogP contribution in [0.1, 0.15) is 0 Å². The molecular weight excluding hydrogens is 279 g/mol. The number of nitrogens with one attached hydrogen (secondary N) is 3. The second kappa shape index (κ2) is 5.88. The van der Waals surface area contributed by atoms with Gasteiger partial charge in [0.1, 0.15) is 12.4 Å². The molecule has 8 nitrogen and oxygen atoms in total. The fraction of sp³-hybridized carbons (Fsp3) is 0.444. The number of halogens is 3. The van der Waals surface area contributed by atoms with Crippen LogP contribution in [-0.4, -0.2) is 46.1 Å². The minimum absolute atomic E-state index is 0.117. The Bertz CT molecular complexity index is 570. The van der Waals surface area contributed by atoms with Crippen LogP contribution in [0.5, 0.6) is 0 Å². The van der Waals surface area contributed by atoms with Crippen LogP contribution in [0.3, 0.4) is 0 Å². The predicted octanol–water partition coefficient (Wildman–Crippen LogP) is 0.629. The summed E-state index contributed by atoms with van der Waals surface area (Å²) < 4.78 is 40.1. The molecule has 110 valence electrons. The Hall–Kier alpha value is -2.14. The molecule has 0 bridgehead atoms. The number of aromatic nitrogens is 4. The second-order valence-electron chi connectivity index (χ2n) is 3.77. The third-order valence-corrected chi connectivity index (χ3v) is 2.24. The Balaban J connectivity index is 1.94. The van der Waals surface area contributed by atoms with Gasteiger partial charge in [-0.25, -0.2) is 5.84 Å². The molecule has 0 aliphatic rings. The van der Waals surface area contributed by atoms with Crippen molar-refractivity contribution in [3.63, 3.8) is 0 Å². The van der Waals surface area contributed by atoms with Crippen molar-refractivity contribution in [2.45, 2.75) is 6.18 Å². The molecule has 0 aliphatic carbocycles. The number of hydrogen-bond acceptors (Lipinski definition) is 7. The number of fused-ring (bicyclic) bond motifs is 1. The van der Waals surface area contributed by atoms with Crippen LogP contribution >= 0.6 is 0 Å². The molecule has 0 aromatic carbocycles. The van der Waals surface area contributed by atoms with Crippen LogP contribution in [0.4, 0.5) is 24.9 Å². The topological polar surface area (TPSA) is 114 Å². The average Bonchev–Trinajstić information content (AvgIpc) is 2.84. The van der Waals surface area contributed by atoms with Crippen LogP contribution in [0.2, 0.25) is 0 Å². The van der Waals surface area contributed by atoms with E-state index in [9.17, 15) is 13.2 Å². The summed E-state index contributed by atoms with van der Waals surface area (Å²) in [6.45, 7) is -1.25. The van der Waals surface area contributed by atoms with Crippen LogP contribution < -0.4 is 16.6 Å². The highest BCUT2D eigenvalue weighted by atomic mass is 19.4. The standard InChI is InChI=1S/C9H12F3N7O/c10-9(11,12)4-20-2-1-14-6-5-3-15-19-7(5)17-8(16-6)18-13/h3H,1-2,4,13H2,(H3,14,15,16,17,18,19). The number of nitrogen functional groups attached to an aromatic ring is 1. The number of hydrazine groups is 1. The van der Waals surface area contributed by atoms with Crippen LogP contribution in [0, 0.1) is 0 Å². The molecule has 20 heavy (non-hydrogen) atoms. The fourth-order valence-corrected chi connectivity index (χ4v) is 1.46. The van der Waals surface area contributed by atoms with Gasteiger partial charge in [-0.3, -0.25) is 10.5 Å². The van der Waals surface area contributed by atoms with Crippen LogP contribution in [0.15, 0.2) is 6.20 Å². The van der Waals surface area contributed by atoms with Gasteiger partial charge in [-0.1, -0.05) is 0 Å². The molecule has 0 spiro atoms. The lowest BCUT2D eigenvalue weighted by Gasteiger charge is -2.10. The van der Waals surface area contributed by atoms with Crippen molar-refractivity contribution in [2.75, 3.05) is 30.5 Å². The molecule has 2 rings (SSSR count). The summed E-state index contributed by atoms with van der Waals surface area (Å²) in [5.41, 5.74) is 2.73. The molecule has 0 aliphatic heterocycles. The van der Waals surface area contributed by atoms with Gasteiger partial charge in [0, 0.05) is 6.54 Å². The van der Waals surface area contributed by atoms with E-state index in [-0.39, 0.29) is 19.1 Å². The van der Waals surface area contributed by atoms with Gasteiger partial charge in [0.25, 0.3) is 0 Å². The van der Waals surface area contributed by atoms with Crippen molar-refractivity contribution in [2.24, 2.45) is 5.84 Å². The van der Waals surface area contributed by atoms with Gasteiger partial charge in [-0.15, -0.1) is 0 Å². The smallest absolute Gasteiger partial charge is 0.370 e. The quantitative estimate of drug-likeness (QED) is 0.350. The first-order valence-corrected chi connectivity index (χ1v) is 5.55. The number of rotatable bonds is 6. The van der Waals surface area contributed by atoms with Gasteiger partial charge in [-0.2, -0.15) is 28.2 Å². The lowest BCUT2D eigenvalue weighted by Crippen LogP contribution is -2.20. The van der Waals surface area contributed by atoms with E-state index in [4.69, 9.17) is 5.84 Å². The molecule has 2 heterocycles. The van der Waals surface area contributed by atoms with Crippen LogP contribution in [0.25, 0.3) is 11.0 Å². The highest BCUT2D eigenvalue weighted by Crippen LogP contribution is 2.19. The Morgan fingerprint density at radius 2 is 2.15 bits per heavy atom. The maximum Gasteiger partial charge on any atom is 0.411 e. The van der Waals surface area contributed by atoms with Gasteiger partial charge in [-0.05, 0) is 0 Å². The number of ether oxygens (including phenoxy) is 1. The Morgan fingerprint density at radius 3 is 2.85 bits per heavy atom. The summed E-state index contributed by atoms with van der Waals surface area (Å²) >= 11 is 0. The second-order valence-corrected chi connectivity index (χ2v) is 3.77. The first kappa shape index (κ1) is 14.3. The zero-order chi connectivity index (χ0) is 14.6. The molecule has 11 heteroatoms. The minimum atomic E-state index is -4.33. The summed E-state index contributed by atoms with van der Waals surface area (Å²) in [4.78, 5) is 8.05. The van der Waals surface area contributed by atoms with Crippen LogP contribution in [-0.2, 0) is 4.74 Å². The number of H-pyrrole nitrogens is 1. The molecule has 5 N–H and O–H groups in total. The van der Waals surface area contributed by atoms with E-state index in [0.29, 0.717) is 16.9 Å². The molecule has 0 radical (unpaired) electrons. The molecule has 2 aromatic heterocycles. The third-order valence-electron chi connectivity index (χ3n) is 2.24. The third kappa shape index (κ3) is 3.68. The lowest BCUT2D eigenvalue weighted by atomic mass is 10.4. The molecular formula is C9H12F3N7O. The summed E-state index contributed by atoms with van der Waals surface area (Å²) in [6.07, 6.45) is -2.84. The van der Waals surface area contributed by atoms with Crippen molar-refractivity contribution in [1.82, 2.24) is 20.2 Å². The van der Waals surface area contributed by atoms with Crippen molar-refractivity contribution in [3.8, 4) is 0 Å². The Kier molecular flexibility index (Phi) is 4.20. The summed E-state index contributed by atoms with van der Waals surface area (Å²) in [6, 6.07) is 0. The number of hydrogen-bond donors (Lipinski definition) is 4. The first-order valence-electron chi connectivity index (χ1n) is 5.55. The zero-order valence-corrected chi connectivity index (χ0v) is 10.2. The molecule has 0 fully saturated rings. The number of aromatic amines is 1. The SMILES string of the molecule is NNc1nc(NCCOCC(F)(F)F)c2cn[nH]c2n1. The van der Waals surface area contributed by atoms with E-state index >= 15 is 0 Å². The molecule has 0 unspecified atom stereocenters. The normalized spacial score (nSPS) is 11.8. The number of anilines is 2. The highest BCUT2D eigenvalue weighted by Gasteiger charge is 2.27. The summed E-state index contributed by atoms with van der Waals surface area (Å²) in [7, 11) is 0. The number of alkyl halides is 3. The van der Waals surface area contributed by atoms with Crippen molar-refractivity contribution in [3.05, 3.63) is 6.20 Å². The molecule has 0 atom stereocenters. The number of nitrogens with zero attached hydrogens (tertiary/aromatic N) is 3. The van der Waals surface area contributed by atoms with E-state index in [1.807, 2.05) is 0 Å². The molecule has 0 amide bonds. The first-order chi connectivity index (χ1) is 9.49. The summed E-state index contributed by atoms with van der Waals surface area (Å²) in [5, 5.41) is 9.87. The van der Waals surface area contributed by atoms with Gasteiger partial charge in [0.2, 0.25) is 5.95 Å². The lowest BCUT2D eigenvalue weighted by molar-refractivity contribution is -0.172. The van der Waals surface area contributed by atoms with E-state index < -0.39 is 12.8 Å². The van der Waals surface area contributed by atoms with Gasteiger partial charge in [0.15, 0.2) is 5.65 Å². The minimum Gasteiger partial charge on any atom is -0.370 e. The highest BCUT2D eigenvalue weighted by molar-refractivity contribution is 5.86. The zero-order valence-electron chi connectivity index (χ0n) is 10.2. The van der Waals surface area contributed by atoms with Crippen molar-refractivity contribution in [1.29, 1.82) is 0 Å². The van der Waals surface area contributed by atoms with E-state index in [1.165, 1.54) is 6.20 Å². The maximum absolute atomic E-state index is 11.9. The van der Waals surface area contributed by atoms with E-state index in [2.05, 4.69) is 35.6 Å². The van der Waals surface area contributed by atoms with Crippen molar-refractivity contribution >= 4 is 22.8 Å². The Labute approximate surface area is 110 Å². The van der Waals surface area contributed by atoms with Gasteiger partial charge < -0.3 is 10.1 Å². The van der Waals surface area contributed by atoms with Gasteiger partial charge in [0.05, 0.1) is 18.2 Å². The predicted molar refractivity (Wildman–Crippen MR) is 64.9 cm³/mol. The van der Waals surface area contributed by atoms with Gasteiger partial charge >= 0.3 is 6.18 Å². The van der Waals surface area contributed by atoms with Crippen molar-refractivity contribution < 1.29 is 17.9 Å². The monoisotopic (exact) mass is 291 g/mol. The number of nitrogens with two attached hydrogens (primary N) is 1.